The van der Waals surface area contributed by atoms with Gasteiger partial charge in [-0.3, -0.25) is 4.98 Å². The van der Waals surface area contributed by atoms with Gasteiger partial charge < -0.3 is 5.73 Å². The van der Waals surface area contributed by atoms with Crippen molar-refractivity contribution in [1.82, 2.24) is 20.0 Å². The van der Waals surface area contributed by atoms with Crippen LogP contribution in [0.1, 0.15) is 18.7 Å². The fourth-order valence-electron chi connectivity index (χ4n) is 1.90. The van der Waals surface area contributed by atoms with Gasteiger partial charge in [0.15, 0.2) is 0 Å². The van der Waals surface area contributed by atoms with Crippen molar-refractivity contribution in [2.75, 3.05) is 0 Å². The summed E-state index contributed by atoms with van der Waals surface area (Å²) in [6, 6.07) is 7.88. The summed E-state index contributed by atoms with van der Waals surface area (Å²) in [6.07, 6.45) is 5.46. The molecule has 0 fully saturated rings. The maximum absolute atomic E-state index is 5.79. The molecule has 0 saturated heterocycles. The van der Waals surface area contributed by atoms with Gasteiger partial charge in [0, 0.05) is 23.8 Å². The predicted molar refractivity (Wildman–Crippen MR) is 69.3 cm³/mol. The Kier molecular flexibility index (Phi) is 2.53. The minimum Gasteiger partial charge on any atom is -0.323 e. The third-order valence-electron chi connectivity index (χ3n) is 2.89. The highest BCUT2D eigenvalue weighted by Gasteiger charge is 2.08. The van der Waals surface area contributed by atoms with Crippen molar-refractivity contribution in [3.8, 4) is 5.69 Å². The second-order valence-electron chi connectivity index (χ2n) is 4.25. The first-order valence-corrected chi connectivity index (χ1v) is 5.76. The van der Waals surface area contributed by atoms with Crippen LogP contribution in [-0.2, 0) is 0 Å². The monoisotopic (exact) mass is 239 g/mol. The Morgan fingerprint density at radius 1 is 1.28 bits per heavy atom. The molecule has 0 aliphatic carbocycles. The Balaban J connectivity index is 2.18. The zero-order valence-electron chi connectivity index (χ0n) is 9.99. The lowest BCUT2D eigenvalue weighted by Crippen LogP contribution is -2.04. The normalized spacial score (nSPS) is 12.8. The van der Waals surface area contributed by atoms with Gasteiger partial charge >= 0.3 is 0 Å². The molecule has 0 saturated carbocycles. The summed E-state index contributed by atoms with van der Waals surface area (Å²) >= 11 is 0. The van der Waals surface area contributed by atoms with Crippen LogP contribution in [0, 0.1) is 0 Å². The summed E-state index contributed by atoms with van der Waals surface area (Å²) in [5, 5.41) is 10.4. The minimum atomic E-state index is -0.119. The van der Waals surface area contributed by atoms with E-state index in [9.17, 15) is 0 Å². The molecule has 0 radical (unpaired) electrons. The zero-order chi connectivity index (χ0) is 12.5. The number of rotatable bonds is 2. The molecule has 0 spiro atoms. The summed E-state index contributed by atoms with van der Waals surface area (Å²) in [5.41, 5.74) is 7.52. The van der Waals surface area contributed by atoms with E-state index in [2.05, 4.69) is 15.3 Å². The molecule has 1 unspecified atom stereocenters. The highest BCUT2D eigenvalue weighted by Crippen LogP contribution is 2.21. The van der Waals surface area contributed by atoms with Gasteiger partial charge in [-0.2, -0.15) is 0 Å². The van der Waals surface area contributed by atoms with Crippen LogP contribution in [0.25, 0.3) is 16.5 Å². The van der Waals surface area contributed by atoms with Gasteiger partial charge in [-0.25, -0.2) is 4.68 Å². The third-order valence-corrected chi connectivity index (χ3v) is 2.89. The first-order valence-electron chi connectivity index (χ1n) is 5.76. The molecule has 18 heavy (non-hydrogen) atoms. The van der Waals surface area contributed by atoms with Crippen molar-refractivity contribution in [2.45, 2.75) is 13.0 Å². The van der Waals surface area contributed by atoms with E-state index >= 15 is 0 Å². The first-order chi connectivity index (χ1) is 8.75. The Hall–Kier alpha value is -2.27. The van der Waals surface area contributed by atoms with E-state index in [1.165, 1.54) is 0 Å². The number of pyridine rings is 1. The standard InChI is InChI=1S/C13H13N5/c1-9(14)12-8-18(17-16-12)13-4-2-3-10-5-6-15-7-11(10)13/h2-9H,14H2,1H3. The van der Waals surface area contributed by atoms with Crippen LogP contribution in [0.2, 0.25) is 0 Å². The van der Waals surface area contributed by atoms with Crippen molar-refractivity contribution in [3.05, 3.63) is 48.5 Å². The van der Waals surface area contributed by atoms with Crippen LogP contribution in [0.4, 0.5) is 0 Å². The second-order valence-corrected chi connectivity index (χ2v) is 4.25. The van der Waals surface area contributed by atoms with Crippen LogP contribution >= 0.6 is 0 Å². The molecule has 90 valence electrons. The van der Waals surface area contributed by atoms with Crippen molar-refractivity contribution in [2.24, 2.45) is 5.73 Å². The quantitative estimate of drug-likeness (QED) is 0.740. The fraction of sp³-hybridized carbons (Fsp3) is 0.154. The van der Waals surface area contributed by atoms with Gasteiger partial charge in [0.2, 0.25) is 0 Å². The van der Waals surface area contributed by atoms with E-state index < -0.39 is 0 Å². The molecule has 0 aliphatic rings. The topological polar surface area (TPSA) is 69.6 Å². The van der Waals surface area contributed by atoms with Crippen molar-refractivity contribution >= 4 is 10.8 Å². The summed E-state index contributed by atoms with van der Waals surface area (Å²) in [7, 11) is 0. The molecule has 5 heteroatoms. The Bertz CT molecular complexity index is 681. The number of hydrogen-bond donors (Lipinski definition) is 1. The van der Waals surface area contributed by atoms with Gasteiger partial charge in [-0.05, 0) is 24.4 Å². The van der Waals surface area contributed by atoms with Crippen LogP contribution in [0.3, 0.4) is 0 Å². The smallest absolute Gasteiger partial charge is 0.0995 e. The molecule has 0 aliphatic heterocycles. The number of aromatic nitrogens is 4. The molecular formula is C13H13N5. The summed E-state index contributed by atoms with van der Waals surface area (Å²) < 4.78 is 1.74. The van der Waals surface area contributed by atoms with E-state index in [4.69, 9.17) is 5.73 Å². The molecular weight excluding hydrogens is 226 g/mol. The molecule has 3 aromatic rings. The average Bonchev–Trinajstić information content (AvgIpc) is 2.87. The maximum atomic E-state index is 5.79. The first kappa shape index (κ1) is 10.9. The van der Waals surface area contributed by atoms with Crippen LogP contribution < -0.4 is 5.73 Å². The summed E-state index contributed by atoms with van der Waals surface area (Å²) in [5.74, 6) is 0. The van der Waals surface area contributed by atoms with Gasteiger partial charge in [-0.15, -0.1) is 5.10 Å². The van der Waals surface area contributed by atoms with Crippen LogP contribution in [-0.4, -0.2) is 20.0 Å². The molecule has 0 bridgehead atoms. The van der Waals surface area contributed by atoms with E-state index in [1.54, 1.807) is 10.9 Å². The van der Waals surface area contributed by atoms with E-state index in [0.29, 0.717) is 0 Å². The predicted octanol–water partition coefficient (Wildman–Crippen LogP) is 1.84. The van der Waals surface area contributed by atoms with Gasteiger partial charge in [-0.1, -0.05) is 17.3 Å². The minimum absolute atomic E-state index is 0.119. The maximum Gasteiger partial charge on any atom is 0.0995 e. The lowest BCUT2D eigenvalue weighted by atomic mass is 10.1. The highest BCUT2D eigenvalue weighted by molar-refractivity contribution is 5.89. The van der Waals surface area contributed by atoms with E-state index in [1.807, 2.05) is 43.6 Å². The second kappa shape index (κ2) is 4.19. The number of benzene rings is 1. The SMILES string of the molecule is CC(N)c1cn(-c2cccc3ccncc23)nn1. The van der Waals surface area contributed by atoms with Gasteiger partial charge in [0.1, 0.15) is 0 Å². The number of hydrogen-bond acceptors (Lipinski definition) is 4. The van der Waals surface area contributed by atoms with Crippen molar-refractivity contribution in [3.63, 3.8) is 0 Å². The van der Waals surface area contributed by atoms with Gasteiger partial charge in [0.25, 0.3) is 0 Å². The number of nitrogens with zero attached hydrogens (tertiary/aromatic N) is 4. The summed E-state index contributed by atoms with van der Waals surface area (Å²) in [4.78, 5) is 4.15. The molecule has 2 aromatic heterocycles. The molecule has 1 atom stereocenters. The molecule has 0 amide bonds. The van der Waals surface area contributed by atoms with Crippen LogP contribution in [0.5, 0.6) is 0 Å². The van der Waals surface area contributed by atoms with Crippen molar-refractivity contribution in [1.29, 1.82) is 0 Å². The fourth-order valence-corrected chi connectivity index (χ4v) is 1.90. The average molecular weight is 239 g/mol. The van der Waals surface area contributed by atoms with E-state index in [-0.39, 0.29) is 6.04 Å². The van der Waals surface area contributed by atoms with Crippen LogP contribution in [0.15, 0.2) is 42.9 Å². The lowest BCUT2D eigenvalue weighted by molar-refractivity contribution is 0.757. The molecule has 2 heterocycles. The van der Waals surface area contributed by atoms with Gasteiger partial charge in [0.05, 0.1) is 17.6 Å². The number of nitrogens with two attached hydrogens (primary N) is 1. The Morgan fingerprint density at radius 2 is 2.17 bits per heavy atom. The van der Waals surface area contributed by atoms with Crippen molar-refractivity contribution < 1.29 is 0 Å². The highest BCUT2D eigenvalue weighted by atomic mass is 15.4. The molecule has 1 aromatic carbocycles. The zero-order valence-corrected chi connectivity index (χ0v) is 9.99. The molecule has 2 N–H and O–H groups in total. The summed E-state index contributed by atoms with van der Waals surface area (Å²) in [6.45, 7) is 1.89. The van der Waals surface area contributed by atoms with E-state index in [0.717, 1.165) is 22.2 Å². The largest absolute Gasteiger partial charge is 0.323 e. The Morgan fingerprint density at radius 3 is 2.94 bits per heavy atom. The number of fused-ring (bicyclic) bond motifs is 1. The lowest BCUT2D eigenvalue weighted by Gasteiger charge is -2.04. The Labute approximate surface area is 104 Å². The molecule has 3 rings (SSSR count). The molecule has 5 nitrogen and oxygen atoms in total. The third kappa shape index (κ3) is 1.74.